The number of hydrogen-bond acceptors (Lipinski definition) is 1. The number of epoxide rings is 1. The molecule has 5 saturated carbocycles. The van der Waals surface area contributed by atoms with E-state index >= 15 is 0 Å². The fraction of sp³-hybridized carbons (Fsp3) is 0.667. The molecule has 8 aliphatic rings. The van der Waals surface area contributed by atoms with Crippen molar-refractivity contribution in [1.29, 1.82) is 0 Å². The third kappa shape index (κ3) is 0.521. The molecule has 2 bridgehead atoms. The van der Waals surface area contributed by atoms with Crippen molar-refractivity contribution in [3.63, 3.8) is 0 Å². The van der Waals surface area contributed by atoms with E-state index in [9.17, 15) is 0 Å². The second-order valence-corrected chi connectivity index (χ2v) is 8.50. The van der Waals surface area contributed by atoms with E-state index in [-0.39, 0.29) is 0 Å². The molecule has 1 aliphatic heterocycles. The highest BCUT2D eigenvalue weighted by Crippen LogP contribution is 3.07. The van der Waals surface area contributed by atoms with Crippen molar-refractivity contribution in [3.8, 4) is 0 Å². The maximum absolute atomic E-state index is 5.96. The van der Waals surface area contributed by atoms with Gasteiger partial charge in [-0.2, -0.15) is 0 Å². The highest BCUT2D eigenvalue weighted by atomic mass is 16.6. The summed E-state index contributed by atoms with van der Waals surface area (Å²) in [5.74, 6) is 6.34. The fourth-order valence-electron chi connectivity index (χ4n) is 8.88. The molecule has 94 valence electrons. The molecule has 0 radical (unpaired) electrons. The summed E-state index contributed by atoms with van der Waals surface area (Å²) in [6.45, 7) is 0. The Morgan fingerprint density at radius 2 is 1.42 bits per heavy atom. The van der Waals surface area contributed by atoms with Crippen LogP contribution in [0.1, 0.15) is 35.8 Å². The molecular formula is C18H16O. The molecular weight excluding hydrogens is 232 g/mol. The first kappa shape index (κ1) is 8.46. The number of rotatable bonds is 0. The molecule has 1 aromatic rings. The van der Waals surface area contributed by atoms with E-state index < -0.39 is 0 Å². The van der Waals surface area contributed by atoms with Gasteiger partial charge in [-0.3, -0.25) is 0 Å². The SMILES string of the molecule is c1ccc2c(c1)[C@H]1[C@H]3C4C5[C@@]16C[C@H]1O[C@H]1C[C@]56[C@@H]2[C@@H]43. The van der Waals surface area contributed by atoms with Gasteiger partial charge in [0.1, 0.15) is 0 Å². The van der Waals surface area contributed by atoms with Gasteiger partial charge in [0.05, 0.1) is 12.2 Å². The third-order valence-electron chi connectivity index (χ3n) is 8.78. The summed E-state index contributed by atoms with van der Waals surface area (Å²) in [5, 5.41) is 0. The summed E-state index contributed by atoms with van der Waals surface area (Å²) in [4.78, 5) is 0. The van der Waals surface area contributed by atoms with Crippen LogP contribution >= 0.6 is 0 Å². The first-order chi connectivity index (χ1) is 9.39. The molecule has 0 amide bonds. The molecule has 7 aliphatic carbocycles. The topological polar surface area (TPSA) is 12.5 Å². The number of fused-ring (bicyclic) bond motifs is 1. The molecule has 0 N–H and O–H groups in total. The lowest BCUT2D eigenvalue weighted by Gasteiger charge is -2.50. The van der Waals surface area contributed by atoms with Crippen molar-refractivity contribution in [3.05, 3.63) is 35.4 Å². The van der Waals surface area contributed by atoms with Gasteiger partial charge in [-0.1, -0.05) is 24.3 Å². The molecule has 1 heterocycles. The Hall–Kier alpha value is -0.820. The Labute approximate surface area is 112 Å². The Balaban J connectivity index is 1.52. The van der Waals surface area contributed by atoms with Crippen LogP contribution in [0, 0.1) is 34.5 Å². The number of benzene rings is 1. The molecule has 1 heteroatoms. The lowest BCUT2D eigenvalue weighted by Crippen LogP contribution is -2.43. The maximum Gasteiger partial charge on any atom is 0.0848 e. The smallest absolute Gasteiger partial charge is 0.0848 e. The summed E-state index contributed by atoms with van der Waals surface area (Å²) < 4.78 is 5.96. The number of ether oxygens (including phenoxy) is 1. The minimum atomic E-state index is 0.667. The first-order valence-corrected chi connectivity index (χ1v) is 8.14. The molecule has 1 nitrogen and oxygen atoms in total. The lowest BCUT2D eigenvalue weighted by molar-refractivity contribution is 0.106. The average molecular weight is 248 g/mol. The monoisotopic (exact) mass is 248 g/mol. The second-order valence-electron chi connectivity index (χ2n) is 8.50. The van der Waals surface area contributed by atoms with Gasteiger partial charge < -0.3 is 4.74 Å². The zero-order valence-electron chi connectivity index (χ0n) is 10.8. The fourth-order valence-corrected chi connectivity index (χ4v) is 8.88. The zero-order chi connectivity index (χ0) is 11.7. The van der Waals surface area contributed by atoms with Crippen LogP contribution in [-0.2, 0) is 4.74 Å². The third-order valence-corrected chi connectivity index (χ3v) is 8.78. The van der Waals surface area contributed by atoms with Gasteiger partial charge in [-0.15, -0.1) is 0 Å². The standard InChI is InChI=1S/C18H16O/c1-2-4-8-7(3-1)14-11-12-13(11)16-17(14)5-9-10(19-9)6-18(16,17)15(8)12/h1-4,9-16H,5-6H2/t9-,10+,11-,12-,13?,14+,15+,16?,17-,18+/m1/s1. The van der Waals surface area contributed by atoms with Crippen LogP contribution in [0.3, 0.4) is 0 Å². The molecule has 1 saturated heterocycles. The van der Waals surface area contributed by atoms with Crippen molar-refractivity contribution in [2.45, 2.75) is 36.9 Å². The van der Waals surface area contributed by atoms with E-state index in [4.69, 9.17) is 4.74 Å². The molecule has 2 unspecified atom stereocenters. The van der Waals surface area contributed by atoms with E-state index in [1.165, 1.54) is 12.8 Å². The molecule has 19 heavy (non-hydrogen) atoms. The van der Waals surface area contributed by atoms with Crippen molar-refractivity contribution in [1.82, 2.24) is 0 Å². The van der Waals surface area contributed by atoms with Crippen LogP contribution < -0.4 is 0 Å². The summed E-state index contributed by atoms with van der Waals surface area (Å²) >= 11 is 0. The highest BCUT2D eigenvalue weighted by Gasteiger charge is 3.02. The van der Waals surface area contributed by atoms with Crippen molar-refractivity contribution in [2.75, 3.05) is 0 Å². The van der Waals surface area contributed by atoms with Gasteiger partial charge in [0.15, 0.2) is 0 Å². The Morgan fingerprint density at radius 3 is 2.00 bits per heavy atom. The minimum absolute atomic E-state index is 0.667. The van der Waals surface area contributed by atoms with Gasteiger partial charge in [0.2, 0.25) is 0 Å². The van der Waals surface area contributed by atoms with Crippen LogP contribution in [-0.4, -0.2) is 12.2 Å². The average Bonchev–Trinajstić information content (AvgIpc) is 3.33. The molecule has 10 atom stereocenters. The van der Waals surface area contributed by atoms with Crippen molar-refractivity contribution in [2.24, 2.45) is 34.5 Å². The quantitative estimate of drug-likeness (QED) is 0.643. The van der Waals surface area contributed by atoms with Crippen LogP contribution in [0.25, 0.3) is 0 Å². The molecule has 0 aromatic heterocycles. The van der Waals surface area contributed by atoms with Gasteiger partial charge in [-0.05, 0) is 70.3 Å². The predicted molar refractivity (Wildman–Crippen MR) is 68.6 cm³/mol. The molecule has 2 spiro atoms. The van der Waals surface area contributed by atoms with Crippen LogP contribution in [0.15, 0.2) is 24.3 Å². The van der Waals surface area contributed by atoms with E-state index in [0.29, 0.717) is 12.2 Å². The molecule has 1 aromatic carbocycles. The van der Waals surface area contributed by atoms with E-state index in [2.05, 4.69) is 24.3 Å². The van der Waals surface area contributed by atoms with Crippen molar-refractivity contribution >= 4 is 0 Å². The molecule has 6 fully saturated rings. The van der Waals surface area contributed by atoms with E-state index in [1.54, 1.807) is 11.1 Å². The Morgan fingerprint density at radius 1 is 0.842 bits per heavy atom. The van der Waals surface area contributed by atoms with Crippen LogP contribution in [0.5, 0.6) is 0 Å². The zero-order valence-corrected chi connectivity index (χ0v) is 10.8. The normalized spacial score (nSPS) is 73.1. The van der Waals surface area contributed by atoms with Gasteiger partial charge in [-0.25, -0.2) is 0 Å². The van der Waals surface area contributed by atoms with Gasteiger partial charge in [0.25, 0.3) is 0 Å². The van der Waals surface area contributed by atoms with E-state index in [0.717, 1.165) is 46.3 Å². The highest BCUT2D eigenvalue weighted by molar-refractivity contribution is 5.63. The number of hydrogen-bond donors (Lipinski definition) is 0. The molecule has 9 rings (SSSR count). The van der Waals surface area contributed by atoms with Crippen LogP contribution in [0.4, 0.5) is 0 Å². The van der Waals surface area contributed by atoms with Crippen molar-refractivity contribution < 1.29 is 4.74 Å². The maximum atomic E-state index is 5.96. The van der Waals surface area contributed by atoms with Crippen LogP contribution in [0.2, 0.25) is 0 Å². The summed E-state index contributed by atoms with van der Waals surface area (Å²) in [6.07, 6.45) is 4.19. The van der Waals surface area contributed by atoms with Gasteiger partial charge >= 0.3 is 0 Å². The largest absolute Gasteiger partial charge is 0.370 e. The second kappa shape index (κ2) is 1.94. The lowest BCUT2D eigenvalue weighted by atomic mass is 9.53. The van der Waals surface area contributed by atoms with E-state index in [1.807, 2.05) is 0 Å². The predicted octanol–water partition coefficient (Wildman–Crippen LogP) is 2.92. The Bertz CT molecular complexity index is 652. The summed E-state index contributed by atoms with van der Waals surface area (Å²) in [7, 11) is 0. The minimum Gasteiger partial charge on any atom is -0.370 e. The Kier molecular flexibility index (Phi) is 0.863. The summed E-state index contributed by atoms with van der Waals surface area (Å²) in [6, 6.07) is 9.51. The summed E-state index contributed by atoms with van der Waals surface area (Å²) in [5.41, 5.74) is 5.00. The van der Waals surface area contributed by atoms with Gasteiger partial charge in [0, 0.05) is 0 Å². The first-order valence-electron chi connectivity index (χ1n) is 8.14.